The Morgan fingerprint density at radius 2 is 1.93 bits per heavy atom. The van der Waals surface area contributed by atoms with E-state index in [0.29, 0.717) is 36.9 Å². The van der Waals surface area contributed by atoms with E-state index in [2.05, 4.69) is 4.90 Å². The van der Waals surface area contributed by atoms with Gasteiger partial charge in [-0.15, -0.1) is 11.3 Å². The monoisotopic (exact) mass is 428 g/mol. The van der Waals surface area contributed by atoms with Crippen LogP contribution in [0.1, 0.15) is 21.3 Å². The lowest BCUT2D eigenvalue weighted by molar-refractivity contribution is -0.129. The number of hydrogen-bond donors (Lipinski definition) is 1. The zero-order valence-electron chi connectivity index (χ0n) is 16.7. The second kappa shape index (κ2) is 8.99. The number of carbonyl (C=O) groups is 2. The van der Waals surface area contributed by atoms with Crippen molar-refractivity contribution in [2.24, 2.45) is 0 Å². The minimum absolute atomic E-state index is 0.134. The average molecular weight is 429 g/mol. The van der Waals surface area contributed by atoms with Gasteiger partial charge in [0.2, 0.25) is 5.78 Å². The van der Waals surface area contributed by atoms with Crippen LogP contribution in [0.3, 0.4) is 0 Å². The Kier molecular flexibility index (Phi) is 6.17. The van der Waals surface area contributed by atoms with E-state index in [9.17, 15) is 14.7 Å². The molecule has 0 saturated carbocycles. The zero-order valence-corrected chi connectivity index (χ0v) is 17.6. The molecule has 2 aliphatic rings. The van der Waals surface area contributed by atoms with Gasteiger partial charge in [0.1, 0.15) is 5.75 Å². The molecule has 4 rings (SSSR count). The Balaban J connectivity index is 1.66. The highest BCUT2D eigenvalue weighted by Crippen LogP contribution is 2.39. The van der Waals surface area contributed by atoms with Gasteiger partial charge in [0.15, 0.2) is 5.76 Å². The molecule has 1 amide bonds. The second-order valence-corrected chi connectivity index (χ2v) is 8.14. The van der Waals surface area contributed by atoms with E-state index >= 15 is 0 Å². The van der Waals surface area contributed by atoms with Crippen LogP contribution in [0.2, 0.25) is 0 Å². The molecule has 0 radical (unpaired) electrons. The molecule has 0 aliphatic carbocycles. The van der Waals surface area contributed by atoms with Crippen LogP contribution in [0.4, 0.5) is 0 Å². The summed E-state index contributed by atoms with van der Waals surface area (Å²) in [5, 5.41) is 12.5. The van der Waals surface area contributed by atoms with E-state index in [4.69, 9.17) is 9.47 Å². The summed E-state index contributed by atoms with van der Waals surface area (Å²) >= 11 is 1.29. The van der Waals surface area contributed by atoms with E-state index in [1.807, 2.05) is 12.1 Å². The van der Waals surface area contributed by atoms with Crippen LogP contribution in [-0.4, -0.2) is 73.1 Å². The number of carbonyl (C=O) groups excluding carboxylic acids is 2. The molecule has 1 aromatic heterocycles. The molecule has 0 spiro atoms. The molecule has 3 heterocycles. The molecule has 158 valence electrons. The molecule has 0 bridgehead atoms. The summed E-state index contributed by atoms with van der Waals surface area (Å²) in [6.07, 6.45) is 0. The fourth-order valence-electron chi connectivity index (χ4n) is 3.86. The fourth-order valence-corrected chi connectivity index (χ4v) is 4.54. The van der Waals surface area contributed by atoms with Gasteiger partial charge in [0.05, 0.1) is 36.8 Å². The minimum atomic E-state index is -0.640. The number of aliphatic hydroxyl groups is 1. The Hall–Kier alpha value is -2.68. The summed E-state index contributed by atoms with van der Waals surface area (Å²) in [6, 6.07) is 10.1. The molecule has 1 saturated heterocycles. The number of ether oxygens (including phenoxy) is 2. The number of methoxy groups -OCH3 is 1. The first kappa shape index (κ1) is 20.6. The number of thiophene rings is 1. The van der Waals surface area contributed by atoms with E-state index < -0.39 is 17.7 Å². The normalized spacial score (nSPS) is 20.1. The van der Waals surface area contributed by atoms with E-state index in [0.717, 1.165) is 18.7 Å². The highest BCUT2D eigenvalue weighted by atomic mass is 32.1. The summed E-state index contributed by atoms with van der Waals surface area (Å²) in [5.41, 5.74) is 0.893. The number of nitrogens with zero attached hydrogens (tertiary/aromatic N) is 2. The highest BCUT2D eigenvalue weighted by molar-refractivity contribution is 7.12. The van der Waals surface area contributed by atoms with Gasteiger partial charge < -0.3 is 19.5 Å². The van der Waals surface area contributed by atoms with Crippen LogP contribution in [0, 0.1) is 0 Å². The van der Waals surface area contributed by atoms with Crippen LogP contribution >= 0.6 is 11.3 Å². The Morgan fingerprint density at radius 3 is 2.57 bits per heavy atom. The van der Waals surface area contributed by atoms with Crippen LogP contribution < -0.4 is 4.74 Å². The van der Waals surface area contributed by atoms with Crippen molar-refractivity contribution in [3.8, 4) is 5.75 Å². The molecule has 30 heavy (non-hydrogen) atoms. The highest BCUT2D eigenvalue weighted by Gasteiger charge is 2.43. The maximum Gasteiger partial charge on any atom is 0.290 e. The maximum atomic E-state index is 13.2. The van der Waals surface area contributed by atoms with Gasteiger partial charge in [0, 0.05) is 26.2 Å². The lowest BCUT2D eigenvalue weighted by atomic mass is 9.95. The first-order chi connectivity index (χ1) is 14.6. The lowest BCUT2D eigenvalue weighted by Gasteiger charge is -2.31. The van der Waals surface area contributed by atoms with Gasteiger partial charge in [-0.05, 0) is 29.1 Å². The Bertz CT molecular complexity index is 933. The third-order valence-corrected chi connectivity index (χ3v) is 6.35. The van der Waals surface area contributed by atoms with Crippen molar-refractivity contribution in [3.63, 3.8) is 0 Å². The standard InChI is InChI=1S/C22H24N2O5S/c1-28-16-6-4-15(5-7-16)19-18(20(25)17-3-2-14-30-17)21(26)22(27)24(19)9-8-23-10-12-29-13-11-23/h2-7,14,19,26H,8-13H2,1H3/t19-/m0/s1. The molecule has 0 unspecified atom stereocenters. The lowest BCUT2D eigenvalue weighted by Crippen LogP contribution is -2.43. The second-order valence-electron chi connectivity index (χ2n) is 7.20. The van der Waals surface area contributed by atoms with Crippen molar-refractivity contribution in [3.05, 3.63) is 63.6 Å². The first-order valence-electron chi connectivity index (χ1n) is 9.86. The Morgan fingerprint density at radius 1 is 1.20 bits per heavy atom. The number of benzene rings is 1. The van der Waals surface area contributed by atoms with Crippen molar-refractivity contribution in [1.29, 1.82) is 0 Å². The number of rotatable bonds is 7. The maximum absolute atomic E-state index is 13.2. The number of hydrogen-bond acceptors (Lipinski definition) is 7. The molecule has 8 heteroatoms. The number of aliphatic hydroxyl groups excluding tert-OH is 1. The van der Waals surface area contributed by atoms with Gasteiger partial charge >= 0.3 is 0 Å². The minimum Gasteiger partial charge on any atom is -0.503 e. The molecule has 2 aromatic rings. The molecule has 2 aliphatic heterocycles. The molecular formula is C22H24N2O5S. The smallest absolute Gasteiger partial charge is 0.290 e. The largest absolute Gasteiger partial charge is 0.503 e. The van der Waals surface area contributed by atoms with E-state index in [1.165, 1.54) is 11.3 Å². The molecule has 7 nitrogen and oxygen atoms in total. The van der Waals surface area contributed by atoms with Crippen LogP contribution in [0.25, 0.3) is 0 Å². The average Bonchev–Trinajstić information content (AvgIpc) is 3.41. The number of amides is 1. The van der Waals surface area contributed by atoms with Gasteiger partial charge in [-0.25, -0.2) is 0 Å². The quantitative estimate of drug-likeness (QED) is 0.683. The van der Waals surface area contributed by atoms with Crippen molar-refractivity contribution in [2.75, 3.05) is 46.5 Å². The summed E-state index contributed by atoms with van der Waals surface area (Å²) in [4.78, 5) is 30.5. The number of morpholine rings is 1. The third kappa shape index (κ3) is 3.98. The molecule has 1 N–H and O–H groups in total. The Labute approximate surface area is 179 Å². The molecular weight excluding hydrogens is 404 g/mol. The number of Topliss-reactive ketones (excluding diaryl/α,β-unsaturated/α-hetero) is 1. The van der Waals surface area contributed by atoms with Crippen molar-refractivity contribution in [2.45, 2.75) is 6.04 Å². The van der Waals surface area contributed by atoms with Gasteiger partial charge in [-0.2, -0.15) is 0 Å². The summed E-state index contributed by atoms with van der Waals surface area (Å²) in [6.45, 7) is 3.99. The predicted octanol–water partition coefficient (Wildman–Crippen LogP) is 2.67. The molecule has 1 aromatic carbocycles. The fraction of sp³-hybridized carbons (Fsp3) is 0.364. The van der Waals surface area contributed by atoms with Crippen molar-refractivity contribution >= 4 is 23.0 Å². The summed E-state index contributed by atoms with van der Waals surface area (Å²) < 4.78 is 10.6. The van der Waals surface area contributed by atoms with Crippen molar-refractivity contribution < 1.29 is 24.2 Å². The van der Waals surface area contributed by atoms with Gasteiger partial charge in [-0.3, -0.25) is 14.5 Å². The van der Waals surface area contributed by atoms with Crippen LogP contribution in [0.15, 0.2) is 53.1 Å². The third-order valence-electron chi connectivity index (χ3n) is 5.49. The first-order valence-corrected chi connectivity index (χ1v) is 10.7. The zero-order chi connectivity index (χ0) is 21.1. The van der Waals surface area contributed by atoms with Crippen molar-refractivity contribution in [1.82, 2.24) is 9.80 Å². The summed E-state index contributed by atoms with van der Waals surface area (Å²) in [7, 11) is 1.58. The SMILES string of the molecule is COc1ccc([C@H]2C(C(=O)c3cccs3)=C(O)C(=O)N2CCN2CCOCC2)cc1. The number of ketones is 1. The van der Waals surface area contributed by atoms with Gasteiger partial charge in [0.25, 0.3) is 5.91 Å². The van der Waals surface area contributed by atoms with E-state index in [-0.39, 0.29) is 11.4 Å². The van der Waals surface area contributed by atoms with Crippen LogP contribution in [0.5, 0.6) is 5.75 Å². The summed E-state index contributed by atoms with van der Waals surface area (Å²) in [5.74, 6) is -0.604. The predicted molar refractivity (Wildman–Crippen MR) is 113 cm³/mol. The molecule has 1 fully saturated rings. The topological polar surface area (TPSA) is 79.3 Å². The van der Waals surface area contributed by atoms with Gasteiger partial charge in [-0.1, -0.05) is 18.2 Å². The van der Waals surface area contributed by atoms with Crippen LogP contribution in [-0.2, 0) is 9.53 Å². The molecule has 1 atom stereocenters. The van der Waals surface area contributed by atoms with E-state index in [1.54, 1.807) is 41.7 Å².